The predicted octanol–water partition coefficient (Wildman–Crippen LogP) is 0.452. The Balaban J connectivity index is 1.68. The van der Waals surface area contributed by atoms with Crippen LogP contribution in [-0.2, 0) is 34.3 Å². The number of carbonyl (C=O) groups is 1. The fourth-order valence-electron chi connectivity index (χ4n) is 2.83. The summed E-state index contributed by atoms with van der Waals surface area (Å²) >= 11 is 0. The van der Waals surface area contributed by atoms with Gasteiger partial charge in [0, 0.05) is 38.2 Å². The monoisotopic (exact) mass is 378 g/mol. The topological polar surface area (TPSA) is 110 Å². The average Bonchev–Trinajstić information content (AvgIpc) is 2.86. The number of nitrogens with zero attached hydrogens (tertiary/aromatic N) is 5. The van der Waals surface area contributed by atoms with E-state index in [2.05, 4.69) is 20.6 Å². The Morgan fingerprint density at radius 2 is 2.19 bits per heavy atom. The molecule has 1 aliphatic heterocycles. The van der Waals surface area contributed by atoms with Crippen molar-refractivity contribution >= 4 is 21.4 Å². The second-order valence-corrected chi connectivity index (χ2v) is 8.61. The van der Waals surface area contributed by atoms with Crippen molar-refractivity contribution < 1.29 is 13.2 Å². The van der Waals surface area contributed by atoms with Gasteiger partial charge in [-0.2, -0.15) is 0 Å². The quantitative estimate of drug-likeness (QED) is 0.777. The van der Waals surface area contributed by atoms with Crippen molar-refractivity contribution in [2.75, 3.05) is 23.9 Å². The summed E-state index contributed by atoms with van der Waals surface area (Å²) < 4.78 is 24.4. The number of pyridine rings is 1. The van der Waals surface area contributed by atoms with Crippen molar-refractivity contribution in [2.45, 2.75) is 32.5 Å². The Morgan fingerprint density at radius 1 is 1.35 bits per heavy atom. The van der Waals surface area contributed by atoms with Gasteiger partial charge in [-0.05, 0) is 18.6 Å². The molecule has 10 heteroatoms. The first kappa shape index (κ1) is 18.3. The minimum absolute atomic E-state index is 0.00364. The molecule has 140 valence electrons. The number of fused-ring (bicyclic) bond motifs is 1. The Labute approximate surface area is 152 Å². The SMILES string of the molecule is CS(=O)(=O)CCC(=O)N1CCCn2nnc(CNc3cccnc3)c2C1. The number of carbonyl (C=O) groups excluding carboxylic acids is 1. The van der Waals surface area contributed by atoms with Gasteiger partial charge in [-0.3, -0.25) is 9.78 Å². The maximum absolute atomic E-state index is 12.4. The maximum Gasteiger partial charge on any atom is 0.223 e. The van der Waals surface area contributed by atoms with E-state index < -0.39 is 9.84 Å². The van der Waals surface area contributed by atoms with Gasteiger partial charge in [0.15, 0.2) is 0 Å². The van der Waals surface area contributed by atoms with Crippen molar-refractivity contribution in [1.29, 1.82) is 0 Å². The van der Waals surface area contributed by atoms with Gasteiger partial charge in [-0.1, -0.05) is 5.21 Å². The van der Waals surface area contributed by atoms with Crippen molar-refractivity contribution in [1.82, 2.24) is 24.9 Å². The first-order chi connectivity index (χ1) is 12.4. The molecule has 0 aromatic carbocycles. The summed E-state index contributed by atoms with van der Waals surface area (Å²) in [6.07, 6.45) is 5.34. The second kappa shape index (κ2) is 7.81. The molecule has 0 fully saturated rings. The summed E-state index contributed by atoms with van der Waals surface area (Å²) in [7, 11) is -3.16. The molecular weight excluding hydrogens is 356 g/mol. The molecule has 2 aromatic rings. The van der Waals surface area contributed by atoms with E-state index in [1.807, 2.05) is 16.8 Å². The van der Waals surface area contributed by atoms with Crippen LogP contribution in [0.15, 0.2) is 24.5 Å². The zero-order valence-corrected chi connectivity index (χ0v) is 15.4. The first-order valence-electron chi connectivity index (χ1n) is 8.43. The summed E-state index contributed by atoms with van der Waals surface area (Å²) in [5.41, 5.74) is 2.53. The number of aromatic nitrogens is 4. The van der Waals surface area contributed by atoms with Crippen LogP contribution in [0.1, 0.15) is 24.2 Å². The van der Waals surface area contributed by atoms with Crippen molar-refractivity contribution in [3.05, 3.63) is 35.9 Å². The average molecular weight is 378 g/mol. The first-order valence-corrected chi connectivity index (χ1v) is 10.5. The van der Waals surface area contributed by atoms with Crippen LogP contribution in [0.2, 0.25) is 0 Å². The van der Waals surface area contributed by atoms with Crippen molar-refractivity contribution in [2.24, 2.45) is 0 Å². The van der Waals surface area contributed by atoms with Gasteiger partial charge in [0.05, 0.1) is 30.2 Å². The highest BCUT2D eigenvalue weighted by atomic mass is 32.2. The molecular formula is C16H22N6O3S. The number of amides is 1. The smallest absolute Gasteiger partial charge is 0.223 e. The molecule has 0 radical (unpaired) electrons. The van der Waals surface area contributed by atoms with E-state index in [0.717, 1.165) is 29.8 Å². The third kappa shape index (κ3) is 4.78. The largest absolute Gasteiger partial charge is 0.378 e. The summed E-state index contributed by atoms with van der Waals surface area (Å²) in [5.74, 6) is -0.286. The molecule has 0 bridgehead atoms. The van der Waals surface area contributed by atoms with E-state index in [9.17, 15) is 13.2 Å². The van der Waals surface area contributed by atoms with Crippen LogP contribution in [0.4, 0.5) is 5.69 Å². The molecule has 0 unspecified atom stereocenters. The van der Waals surface area contributed by atoms with Crippen LogP contribution in [0.5, 0.6) is 0 Å². The Morgan fingerprint density at radius 3 is 2.92 bits per heavy atom. The molecule has 2 aromatic heterocycles. The van der Waals surface area contributed by atoms with Gasteiger partial charge in [-0.25, -0.2) is 13.1 Å². The van der Waals surface area contributed by atoms with Gasteiger partial charge < -0.3 is 10.2 Å². The lowest BCUT2D eigenvalue weighted by atomic mass is 10.2. The zero-order valence-electron chi connectivity index (χ0n) is 14.6. The number of anilines is 1. The predicted molar refractivity (Wildman–Crippen MR) is 95.9 cm³/mol. The molecule has 1 amide bonds. The third-order valence-corrected chi connectivity index (χ3v) is 5.16. The molecule has 3 rings (SSSR count). The van der Waals surface area contributed by atoms with Crippen LogP contribution in [0.3, 0.4) is 0 Å². The Bertz CT molecular complexity index is 865. The van der Waals surface area contributed by atoms with Crippen LogP contribution in [0.25, 0.3) is 0 Å². The molecule has 0 aliphatic carbocycles. The van der Waals surface area contributed by atoms with Gasteiger partial charge in [-0.15, -0.1) is 5.10 Å². The van der Waals surface area contributed by atoms with Crippen LogP contribution in [0, 0.1) is 0 Å². The van der Waals surface area contributed by atoms with Crippen molar-refractivity contribution in [3.63, 3.8) is 0 Å². The molecule has 9 nitrogen and oxygen atoms in total. The lowest BCUT2D eigenvalue weighted by Crippen LogP contribution is -2.32. The number of hydrogen-bond acceptors (Lipinski definition) is 7. The van der Waals surface area contributed by atoms with E-state index in [1.54, 1.807) is 17.3 Å². The molecule has 1 N–H and O–H groups in total. The fourth-order valence-corrected chi connectivity index (χ4v) is 3.37. The van der Waals surface area contributed by atoms with E-state index in [-0.39, 0.29) is 18.1 Å². The summed E-state index contributed by atoms with van der Waals surface area (Å²) in [6, 6.07) is 3.76. The third-order valence-electron chi connectivity index (χ3n) is 4.22. The molecule has 1 aliphatic rings. The van der Waals surface area contributed by atoms with Gasteiger partial charge in [0.25, 0.3) is 0 Å². The number of nitrogens with one attached hydrogen (secondary N) is 1. The molecule has 26 heavy (non-hydrogen) atoms. The highest BCUT2D eigenvalue weighted by Gasteiger charge is 2.23. The lowest BCUT2D eigenvalue weighted by molar-refractivity contribution is -0.131. The number of aryl methyl sites for hydroxylation is 1. The van der Waals surface area contributed by atoms with E-state index in [4.69, 9.17) is 0 Å². The fraction of sp³-hybridized carbons (Fsp3) is 0.500. The summed E-state index contributed by atoms with van der Waals surface area (Å²) in [6.45, 7) is 2.14. The zero-order chi connectivity index (χ0) is 18.6. The van der Waals surface area contributed by atoms with Crippen molar-refractivity contribution in [3.8, 4) is 0 Å². The molecule has 3 heterocycles. The van der Waals surface area contributed by atoms with Crippen LogP contribution >= 0.6 is 0 Å². The normalized spacial score (nSPS) is 14.6. The maximum atomic E-state index is 12.4. The minimum atomic E-state index is -3.16. The van der Waals surface area contributed by atoms with Gasteiger partial charge >= 0.3 is 0 Å². The van der Waals surface area contributed by atoms with E-state index in [0.29, 0.717) is 26.2 Å². The highest BCUT2D eigenvalue weighted by molar-refractivity contribution is 7.90. The van der Waals surface area contributed by atoms with E-state index >= 15 is 0 Å². The van der Waals surface area contributed by atoms with E-state index in [1.165, 1.54) is 0 Å². The van der Waals surface area contributed by atoms with Gasteiger partial charge in [0.2, 0.25) is 5.91 Å². The molecule has 0 atom stereocenters. The number of rotatable bonds is 6. The number of hydrogen-bond donors (Lipinski definition) is 1. The molecule has 0 saturated heterocycles. The van der Waals surface area contributed by atoms with Gasteiger partial charge in [0.1, 0.15) is 15.5 Å². The number of sulfone groups is 1. The lowest BCUT2D eigenvalue weighted by Gasteiger charge is -2.20. The molecule has 0 saturated carbocycles. The standard InChI is InChI=1S/C16H22N6O3S/c1-26(24,25)9-5-16(23)21-7-3-8-22-15(12-21)14(19-20-22)11-18-13-4-2-6-17-10-13/h2,4,6,10,18H,3,5,7-9,11-12H2,1H3. The second-order valence-electron chi connectivity index (χ2n) is 6.35. The minimum Gasteiger partial charge on any atom is -0.378 e. The van der Waals surface area contributed by atoms with Crippen LogP contribution in [-0.4, -0.2) is 57.8 Å². The molecule has 0 spiro atoms. The van der Waals surface area contributed by atoms with Crippen LogP contribution < -0.4 is 5.32 Å². The highest BCUT2D eigenvalue weighted by Crippen LogP contribution is 2.17. The summed E-state index contributed by atoms with van der Waals surface area (Å²) in [5, 5.41) is 11.7. The Hall–Kier alpha value is -2.49. The summed E-state index contributed by atoms with van der Waals surface area (Å²) in [4.78, 5) is 18.2. The Kier molecular flexibility index (Phi) is 5.50.